The van der Waals surface area contributed by atoms with E-state index in [1.807, 2.05) is 18.2 Å². The molecule has 0 unspecified atom stereocenters. The summed E-state index contributed by atoms with van der Waals surface area (Å²) in [6.07, 6.45) is 0.964. The summed E-state index contributed by atoms with van der Waals surface area (Å²) in [5.74, 6) is -0.0415. The lowest BCUT2D eigenvalue weighted by atomic mass is 10.1. The Morgan fingerprint density at radius 2 is 2.15 bits per heavy atom. The lowest BCUT2D eigenvalue weighted by molar-refractivity contribution is -0.114. The molecular weight excluding hydrogens is 230 g/mol. The predicted molar refractivity (Wildman–Crippen MR) is 57.8 cm³/mol. The number of hydrogen-bond donors (Lipinski definition) is 1. The molecule has 2 nitrogen and oxygen atoms in total. The Bertz CT molecular complexity index is 323. The molecule has 0 fully saturated rings. The smallest absolute Gasteiger partial charge is 0.221 e. The van der Waals surface area contributed by atoms with Gasteiger partial charge in [-0.15, -0.1) is 0 Å². The van der Waals surface area contributed by atoms with Gasteiger partial charge >= 0.3 is 0 Å². The summed E-state index contributed by atoms with van der Waals surface area (Å²) in [6.45, 7) is 3.59. The first-order valence-electron chi connectivity index (χ1n) is 4.19. The number of carbonyl (C=O) groups is 1. The van der Waals surface area contributed by atoms with E-state index in [-0.39, 0.29) is 5.91 Å². The Balaban J connectivity index is 2.94. The number of nitrogens with one attached hydrogen (secondary N) is 1. The van der Waals surface area contributed by atoms with Gasteiger partial charge in [0.2, 0.25) is 5.91 Å². The van der Waals surface area contributed by atoms with Crippen molar-refractivity contribution in [2.24, 2.45) is 0 Å². The maximum Gasteiger partial charge on any atom is 0.221 e. The molecule has 1 aromatic carbocycles. The minimum atomic E-state index is -0.0415. The Hall–Kier alpha value is -0.830. The molecule has 1 aromatic rings. The molecule has 0 atom stereocenters. The van der Waals surface area contributed by atoms with Crippen LogP contribution >= 0.6 is 15.9 Å². The molecule has 0 saturated heterocycles. The third-order valence-electron chi connectivity index (χ3n) is 1.69. The van der Waals surface area contributed by atoms with Crippen LogP contribution in [0.25, 0.3) is 0 Å². The van der Waals surface area contributed by atoms with Crippen molar-refractivity contribution in [3.63, 3.8) is 0 Å². The summed E-state index contributed by atoms with van der Waals surface area (Å²) in [6, 6.07) is 5.91. The van der Waals surface area contributed by atoms with Crippen molar-refractivity contribution in [1.82, 2.24) is 0 Å². The Morgan fingerprint density at radius 3 is 2.69 bits per heavy atom. The molecule has 1 rings (SSSR count). The molecule has 0 aliphatic heterocycles. The van der Waals surface area contributed by atoms with E-state index in [9.17, 15) is 4.79 Å². The summed E-state index contributed by atoms with van der Waals surface area (Å²) in [5.41, 5.74) is 2.05. The molecule has 13 heavy (non-hydrogen) atoms. The Morgan fingerprint density at radius 1 is 1.46 bits per heavy atom. The third-order valence-corrected chi connectivity index (χ3v) is 2.14. The van der Waals surface area contributed by atoms with Crippen LogP contribution in [-0.2, 0) is 11.2 Å². The van der Waals surface area contributed by atoms with Crippen molar-refractivity contribution in [1.29, 1.82) is 0 Å². The van der Waals surface area contributed by atoms with Crippen molar-refractivity contribution >= 4 is 27.5 Å². The van der Waals surface area contributed by atoms with Crippen molar-refractivity contribution in [3.05, 3.63) is 28.2 Å². The standard InChI is InChI=1S/C10H12BrNO/c1-3-8-4-9(11)6-10(5-8)12-7(2)13/h4-6H,3H2,1-2H3,(H,12,13). The monoisotopic (exact) mass is 241 g/mol. The van der Waals surface area contributed by atoms with Gasteiger partial charge < -0.3 is 5.32 Å². The van der Waals surface area contributed by atoms with Gasteiger partial charge in [-0.3, -0.25) is 4.79 Å². The van der Waals surface area contributed by atoms with Crippen molar-refractivity contribution < 1.29 is 4.79 Å². The zero-order valence-corrected chi connectivity index (χ0v) is 9.31. The summed E-state index contributed by atoms with van der Waals surface area (Å²) < 4.78 is 0.996. The summed E-state index contributed by atoms with van der Waals surface area (Å²) >= 11 is 3.39. The van der Waals surface area contributed by atoms with Crippen LogP contribution in [0.15, 0.2) is 22.7 Å². The van der Waals surface area contributed by atoms with Gasteiger partial charge in [-0.05, 0) is 30.2 Å². The van der Waals surface area contributed by atoms with Crippen LogP contribution in [-0.4, -0.2) is 5.91 Å². The fraction of sp³-hybridized carbons (Fsp3) is 0.300. The molecule has 0 radical (unpaired) electrons. The summed E-state index contributed by atoms with van der Waals surface area (Å²) in [7, 11) is 0. The average molecular weight is 242 g/mol. The molecule has 1 N–H and O–H groups in total. The molecule has 0 heterocycles. The van der Waals surface area contributed by atoms with E-state index < -0.39 is 0 Å². The fourth-order valence-corrected chi connectivity index (χ4v) is 1.67. The van der Waals surface area contributed by atoms with Crippen LogP contribution in [0, 0.1) is 0 Å². The van der Waals surface area contributed by atoms with Crippen LogP contribution in [0.1, 0.15) is 19.4 Å². The maximum atomic E-state index is 10.8. The molecule has 0 spiro atoms. The van der Waals surface area contributed by atoms with E-state index >= 15 is 0 Å². The lowest BCUT2D eigenvalue weighted by Crippen LogP contribution is -2.05. The molecule has 1 amide bonds. The molecule has 0 bridgehead atoms. The van der Waals surface area contributed by atoms with Crippen LogP contribution < -0.4 is 5.32 Å². The quantitative estimate of drug-likeness (QED) is 0.848. The second-order valence-electron chi connectivity index (χ2n) is 2.88. The fourth-order valence-electron chi connectivity index (χ4n) is 1.13. The second-order valence-corrected chi connectivity index (χ2v) is 3.80. The number of carbonyl (C=O) groups excluding carboxylic acids is 1. The van der Waals surface area contributed by atoms with Crippen molar-refractivity contribution in [2.75, 3.05) is 5.32 Å². The van der Waals surface area contributed by atoms with Gasteiger partial charge in [0.15, 0.2) is 0 Å². The highest BCUT2D eigenvalue weighted by Gasteiger charge is 1.99. The third kappa shape index (κ3) is 3.19. The predicted octanol–water partition coefficient (Wildman–Crippen LogP) is 2.97. The number of rotatable bonds is 2. The van der Waals surface area contributed by atoms with E-state index in [1.165, 1.54) is 12.5 Å². The van der Waals surface area contributed by atoms with Crippen molar-refractivity contribution in [2.45, 2.75) is 20.3 Å². The van der Waals surface area contributed by atoms with E-state index in [4.69, 9.17) is 0 Å². The first-order chi connectivity index (χ1) is 6.11. The van der Waals surface area contributed by atoms with E-state index in [0.29, 0.717) is 0 Å². The van der Waals surface area contributed by atoms with Gasteiger partial charge in [0.1, 0.15) is 0 Å². The van der Waals surface area contributed by atoms with Crippen LogP contribution in [0.5, 0.6) is 0 Å². The second kappa shape index (κ2) is 4.42. The zero-order chi connectivity index (χ0) is 9.84. The van der Waals surface area contributed by atoms with Crippen LogP contribution in [0.4, 0.5) is 5.69 Å². The van der Waals surface area contributed by atoms with Gasteiger partial charge in [-0.25, -0.2) is 0 Å². The molecular formula is C10H12BrNO. The van der Waals surface area contributed by atoms with Gasteiger partial charge in [-0.1, -0.05) is 22.9 Å². The van der Waals surface area contributed by atoms with Gasteiger partial charge in [0, 0.05) is 17.1 Å². The molecule has 0 aliphatic rings. The minimum absolute atomic E-state index is 0.0415. The number of hydrogen-bond acceptors (Lipinski definition) is 1. The minimum Gasteiger partial charge on any atom is -0.326 e. The lowest BCUT2D eigenvalue weighted by Gasteiger charge is -2.05. The normalized spacial score (nSPS) is 9.77. The highest BCUT2D eigenvalue weighted by molar-refractivity contribution is 9.10. The molecule has 3 heteroatoms. The highest BCUT2D eigenvalue weighted by atomic mass is 79.9. The Kier molecular flexibility index (Phi) is 3.48. The number of amides is 1. The van der Waals surface area contributed by atoms with Gasteiger partial charge in [0.05, 0.1) is 0 Å². The molecule has 0 aromatic heterocycles. The number of aryl methyl sites for hydroxylation is 1. The molecule has 0 aliphatic carbocycles. The first kappa shape index (κ1) is 10.3. The van der Waals surface area contributed by atoms with Crippen LogP contribution in [0.2, 0.25) is 0 Å². The zero-order valence-electron chi connectivity index (χ0n) is 7.73. The Labute approximate surface area is 86.5 Å². The number of benzene rings is 1. The molecule has 0 saturated carbocycles. The number of anilines is 1. The van der Waals surface area contributed by atoms with E-state index in [1.54, 1.807) is 0 Å². The maximum absolute atomic E-state index is 10.8. The topological polar surface area (TPSA) is 29.1 Å². The number of halogens is 1. The van der Waals surface area contributed by atoms with Crippen LogP contribution in [0.3, 0.4) is 0 Å². The van der Waals surface area contributed by atoms with E-state index in [2.05, 4.69) is 28.2 Å². The SMILES string of the molecule is CCc1cc(Br)cc(NC(C)=O)c1. The molecule has 70 valence electrons. The summed E-state index contributed by atoms with van der Waals surface area (Å²) in [4.78, 5) is 10.8. The average Bonchev–Trinajstić information content (AvgIpc) is 2.01. The largest absolute Gasteiger partial charge is 0.326 e. The van der Waals surface area contributed by atoms with Gasteiger partial charge in [0.25, 0.3) is 0 Å². The van der Waals surface area contributed by atoms with Gasteiger partial charge in [-0.2, -0.15) is 0 Å². The summed E-state index contributed by atoms with van der Waals surface area (Å²) in [5, 5.41) is 2.75. The first-order valence-corrected chi connectivity index (χ1v) is 4.98. The van der Waals surface area contributed by atoms with Crippen molar-refractivity contribution in [3.8, 4) is 0 Å². The highest BCUT2D eigenvalue weighted by Crippen LogP contribution is 2.19. The van der Waals surface area contributed by atoms with E-state index in [0.717, 1.165) is 16.6 Å².